The maximum Gasteiger partial charge on any atom is 0.278 e. The molecule has 1 fully saturated rings. The van der Waals surface area contributed by atoms with Gasteiger partial charge in [0.05, 0.1) is 24.9 Å². The van der Waals surface area contributed by atoms with Crippen molar-refractivity contribution < 1.29 is 14.3 Å². The van der Waals surface area contributed by atoms with Gasteiger partial charge in [-0.15, -0.1) is 0 Å². The first kappa shape index (κ1) is 19.7. The predicted molar refractivity (Wildman–Crippen MR) is 114 cm³/mol. The number of carbonyl (C=O) groups is 2. The van der Waals surface area contributed by atoms with Crippen molar-refractivity contribution in [3.05, 3.63) is 72.6 Å². The van der Waals surface area contributed by atoms with E-state index in [-0.39, 0.29) is 23.4 Å². The van der Waals surface area contributed by atoms with Gasteiger partial charge < -0.3 is 15.0 Å². The van der Waals surface area contributed by atoms with Crippen LogP contribution in [0.3, 0.4) is 0 Å². The second kappa shape index (κ2) is 8.82. The molecule has 1 saturated heterocycles. The molecule has 0 saturated carbocycles. The molecule has 1 unspecified atom stereocenters. The Morgan fingerprint density at radius 1 is 1.07 bits per heavy atom. The number of carbonyl (C=O) groups excluding carboxylic acids is 2. The topological polar surface area (TPSA) is 76.5 Å². The maximum absolute atomic E-state index is 13.2. The molecule has 7 nitrogen and oxygen atoms in total. The highest BCUT2D eigenvalue weighted by atomic mass is 16.5. The Morgan fingerprint density at radius 2 is 1.77 bits per heavy atom. The van der Waals surface area contributed by atoms with E-state index in [0.717, 1.165) is 24.2 Å². The molecule has 1 aliphatic rings. The molecule has 7 heteroatoms. The van der Waals surface area contributed by atoms with Crippen LogP contribution in [0, 0.1) is 5.92 Å². The lowest BCUT2D eigenvalue weighted by molar-refractivity contribution is -0.121. The molecule has 0 aliphatic carbocycles. The van der Waals surface area contributed by atoms with Gasteiger partial charge in [-0.25, -0.2) is 4.68 Å². The first-order valence-corrected chi connectivity index (χ1v) is 10.00. The quantitative estimate of drug-likeness (QED) is 0.707. The lowest BCUT2D eigenvalue weighted by Gasteiger charge is -2.31. The summed E-state index contributed by atoms with van der Waals surface area (Å²) in [5, 5.41) is 7.40. The Hall–Kier alpha value is -3.61. The average molecular weight is 404 g/mol. The number of methoxy groups -OCH3 is 1. The van der Waals surface area contributed by atoms with E-state index in [1.165, 1.54) is 7.11 Å². The number of likely N-dealkylation sites (tertiary alicyclic amines) is 1. The summed E-state index contributed by atoms with van der Waals surface area (Å²) in [7, 11) is 1.52. The van der Waals surface area contributed by atoms with Gasteiger partial charge in [0, 0.05) is 18.8 Å². The fraction of sp³-hybridized carbons (Fsp3) is 0.261. The third-order valence-electron chi connectivity index (χ3n) is 5.24. The molecule has 30 heavy (non-hydrogen) atoms. The number of para-hydroxylation sites is 2. The van der Waals surface area contributed by atoms with Gasteiger partial charge in [0.1, 0.15) is 0 Å². The Morgan fingerprint density at radius 3 is 2.47 bits per heavy atom. The van der Waals surface area contributed by atoms with Crippen LogP contribution in [0.5, 0.6) is 5.75 Å². The fourth-order valence-electron chi connectivity index (χ4n) is 3.66. The number of benzene rings is 2. The van der Waals surface area contributed by atoms with Gasteiger partial charge >= 0.3 is 0 Å². The normalized spacial score (nSPS) is 16.2. The number of nitrogens with zero attached hydrogens (tertiary/aromatic N) is 3. The second-order valence-corrected chi connectivity index (χ2v) is 7.27. The van der Waals surface area contributed by atoms with Gasteiger partial charge in [0.25, 0.3) is 5.91 Å². The van der Waals surface area contributed by atoms with Gasteiger partial charge in [-0.2, -0.15) is 5.10 Å². The summed E-state index contributed by atoms with van der Waals surface area (Å²) in [5.74, 6) is -0.135. The Labute approximate surface area is 175 Å². The number of anilines is 1. The number of ether oxygens (including phenoxy) is 1. The minimum Gasteiger partial charge on any atom is -0.493 e. The molecule has 2 amide bonds. The van der Waals surface area contributed by atoms with Crippen molar-refractivity contribution in [3.63, 3.8) is 0 Å². The van der Waals surface area contributed by atoms with Crippen LogP contribution in [-0.2, 0) is 4.79 Å². The van der Waals surface area contributed by atoms with Gasteiger partial charge in [-0.3, -0.25) is 9.59 Å². The fourth-order valence-corrected chi connectivity index (χ4v) is 3.66. The van der Waals surface area contributed by atoms with E-state index >= 15 is 0 Å². The zero-order valence-electron chi connectivity index (χ0n) is 16.8. The largest absolute Gasteiger partial charge is 0.493 e. The molecule has 2 aromatic carbocycles. The van der Waals surface area contributed by atoms with Crippen LogP contribution in [-0.4, -0.2) is 46.7 Å². The SMILES string of the molecule is COc1cn(-c2ccccc2)nc1C(=O)N1CCCC(C(=O)Nc2ccccc2)C1. The lowest BCUT2D eigenvalue weighted by Crippen LogP contribution is -2.44. The molecule has 1 aliphatic heterocycles. The van der Waals surface area contributed by atoms with Gasteiger partial charge in [0.15, 0.2) is 11.4 Å². The average Bonchev–Trinajstić information content (AvgIpc) is 3.24. The van der Waals surface area contributed by atoms with Crippen molar-refractivity contribution in [2.24, 2.45) is 5.92 Å². The van der Waals surface area contributed by atoms with Crippen molar-refractivity contribution in [1.29, 1.82) is 0 Å². The summed E-state index contributed by atoms with van der Waals surface area (Å²) < 4.78 is 7.04. The van der Waals surface area contributed by atoms with Crippen molar-refractivity contribution >= 4 is 17.5 Å². The Balaban J connectivity index is 1.49. The molecule has 0 spiro atoms. The zero-order valence-corrected chi connectivity index (χ0v) is 16.8. The summed E-state index contributed by atoms with van der Waals surface area (Å²) in [4.78, 5) is 27.6. The third kappa shape index (κ3) is 4.20. The van der Waals surface area contributed by atoms with Crippen LogP contribution in [0.15, 0.2) is 66.9 Å². The number of rotatable bonds is 5. The summed E-state index contributed by atoms with van der Waals surface area (Å²) in [6.45, 7) is 0.953. The van der Waals surface area contributed by atoms with E-state index in [1.54, 1.807) is 15.8 Å². The van der Waals surface area contributed by atoms with E-state index in [4.69, 9.17) is 4.74 Å². The zero-order chi connectivity index (χ0) is 20.9. The molecular weight excluding hydrogens is 380 g/mol. The third-order valence-corrected chi connectivity index (χ3v) is 5.24. The van der Waals surface area contributed by atoms with E-state index in [2.05, 4.69) is 10.4 Å². The number of hydrogen-bond donors (Lipinski definition) is 1. The second-order valence-electron chi connectivity index (χ2n) is 7.27. The summed E-state index contributed by atoms with van der Waals surface area (Å²) >= 11 is 0. The molecule has 1 atom stereocenters. The molecule has 0 bridgehead atoms. The smallest absolute Gasteiger partial charge is 0.278 e. The standard InChI is InChI=1S/C23H24N4O3/c1-30-20-16-27(19-12-6-3-7-13-19)25-21(20)23(29)26-14-8-9-17(15-26)22(28)24-18-10-4-2-5-11-18/h2-7,10-13,16-17H,8-9,14-15H2,1H3,(H,24,28). The van der Waals surface area contributed by atoms with Gasteiger partial charge in [0.2, 0.25) is 5.91 Å². The summed E-state index contributed by atoms with van der Waals surface area (Å²) in [6, 6.07) is 18.9. The van der Waals surface area contributed by atoms with Crippen LogP contribution in [0.4, 0.5) is 5.69 Å². The number of piperidine rings is 1. The Bertz CT molecular complexity index is 1020. The predicted octanol–water partition coefficient (Wildman–Crippen LogP) is 3.37. The highest BCUT2D eigenvalue weighted by Gasteiger charge is 2.31. The van der Waals surface area contributed by atoms with Crippen LogP contribution < -0.4 is 10.1 Å². The number of amides is 2. The molecule has 0 radical (unpaired) electrons. The first-order valence-electron chi connectivity index (χ1n) is 10.00. The highest BCUT2D eigenvalue weighted by molar-refractivity contribution is 5.96. The molecule has 154 valence electrons. The van der Waals surface area contributed by atoms with E-state index < -0.39 is 0 Å². The first-order chi connectivity index (χ1) is 14.7. The van der Waals surface area contributed by atoms with Crippen molar-refractivity contribution in [2.45, 2.75) is 12.8 Å². The van der Waals surface area contributed by atoms with E-state index in [9.17, 15) is 9.59 Å². The molecule has 1 N–H and O–H groups in total. The monoisotopic (exact) mass is 404 g/mol. The summed E-state index contributed by atoms with van der Waals surface area (Å²) in [5.41, 5.74) is 1.85. The van der Waals surface area contributed by atoms with E-state index in [0.29, 0.717) is 18.8 Å². The van der Waals surface area contributed by atoms with Crippen LogP contribution in [0.2, 0.25) is 0 Å². The van der Waals surface area contributed by atoms with Gasteiger partial charge in [-0.1, -0.05) is 36.4 Å². The molecule has 1 aromatic heterocycles. The Kier molecular flexibility index (Phi) is 5.79. The van der Waals surface area contributed by atoms with Crippen LogP contribution >= 0.6 is 0 Å². The minimum atomic E-state index is -0.259. The molecule has 2 heterocycles. The van der Waals surface area contributed by atoms with Crippen molar-refractivity contribution in [3.8, 4) is 11.4 Å². The van der Waals surface area contributed by atoms with Crippen molar-refractivity contribution in [2.75, 3.05) is 25.5 Å². The van der Waals surface area contributed by atoms with Gasteiger partial charge in [-0.05, 0) is 37.1 Å². The maximum atomic E-state index is 13.2. The highest BCUT2D eigenvalue weighted by Crippen LogP contribution is 2.25. The van der Waals surface area contributed by atoms with E-state index in [1.807, 2.05) is 60.7 Å². The minimum absolute atomic E-state index is 0.0690. The lowest BCUT2D eigenvalue weighted by atomic mass is 9.96. The van der Waals surface area contributed by atoms with Crippen LogP contribution in [0.25, 0.3) is 5.69 Å². The molecule has 4 rings (SSSR count). The number of hydrogen-bond acceptors (Lipinski definition) is 4. The summed E-state index contributed by atoms with van der Waals surface area (Å²) in [6.07, 6.45) is 3.21. The van der Waals surface area contributed by atoms with Crippen molar-refractivity contribution in [1.82, 2.24) is 14.7 Å². The molecule has 3 aromatic rings. The van der Waals surface area contributed by atoms with Crippen LogP contribution in [0.1, 0.15) is 23.3 Å². The molecular formula is C23H24N4O3. The number of aromatic nitrogens is 2. The number of nitrogens with one attached hydrogen (secondary N) is 1.